The first kappa shape index (κ1) is 14.9. The number of ether oxygens (including phenoxy) is 1. The van der Waals surface area contributed by atoms with Gasteiger partial charge in [0.2, 0.25) is 0 Å². The summed E-state index contributed by atoms with van der Waals surface area (Å²) in [4.78, 5) is 12.1. The molecule has 110 valence electrons. The van der Waals surface area contributed by atoms with Gasteiger partial charge in [-0.1, -0.05) is 41.5 Å². The first-order valence-electron chi connectivity index (χ1n) is 7.76. The molecule has 0 aromatic rings. The van der Waals surface area contributed by atoms with Crippen LogP contribution in [0.3, 0.4) is 0 Å². The summed E-state index contributed by atoms with van der Waals surface area (Å²) in [6.45, 7) is 13.5. The minimum atomic E-state index is 0.00417. The highest BCUT2D eigenvalue weighted by Gasteiger charge is 2.62. The average Bonchev–Trinajstić information content (AvgIpc) is 2.58. The molecule has 0 heterocycles. The van der Waals surface area contributed by atoms with Gasteiger partial charge in [-0.25, -0.2) is 0 Å². The van der Waals surface area contributed by atoms with Gasteiger partial charge in [-0.15, -0.1) is 0 Å². The predicted molar refractivity (Wildman–Crippen MR) is 77.8 cm³/mol. The lowest BCUT2D eigenvalue weighted by molar-refractivity contribution is -0.157. The Balaban J connectivity index is 1.93. The molecule has 0 aliphatic heterocycles. The smallest absolute Gasteiger partial charge is 0.306 e. The maximum Gasteiger partial charge on any atom is 0.306 e. The highest BCUT2D eigenvalue weighted by atomic mass is 16.5. The number of carbonyl (C=O) groups is 1. The SMILES string of the molecule is CC(C)(C)CCC(=O)OC1CC2CCC1(C)C2(C)C. The zero-order valence-electron chi connectivity index (χ0n) is 13.5. The minimum Gasteiger partial charge on any atom is -0.462 e. The van der Waals surface area contributed by atoms with E-state index in [-0.39, 0.29) is 22.9 Å². The van der Waals surface area contributed by atoms with Crippen molar-refractivity contribution in [2.24, 2.45) is 22.2 Å². The van der Waals surface area contributed by atoms with E-state index in [2.05, 4.69) is 41.5 Å². The maximum absolute atomic E-state index is 12.1. The van der Waals surface area contributed by atoms with E-state index in [9.17, 15) is 4.79 Å². The summed E-state index contributed by atoms with van der Waals surface area (Å²) < 4.78 is 5.84. The number of carbonyl (C=O) groups excluding carboxylic acids is 1. The van der Waals surface area contributed by atoms with Crippen LogP contribution in [0.25, 0.3) is 0 Å². The van der Waals surface area contributed by atoms with Crippen LogP contribution in [0, 0.1) is 22.2 Å². The van der Waals surface area contributed by atoms with Crippen molar-refractivity contribution < 1.29 is 9.53 Å². The Morgan fingerprint density at radius 3 is 2.32 bits per heavy atom. The summed E-state index contributed by atoms with van der Waals surface area (Å²) >= 11 is 0. The lowest BCUT2D eigenvalue weighted by Crippen LogP contribution is -2.38. The molecule has 0 N–H and O–H groups in total. The third-order valence-corrected chi connectivity index (χ3v) is 6.07. The van der Waals surface area contributed by atoms with Crippen molar-refractivity contribution in [3.63, 3.8) is 0 Å². The van der Waals surface area contributed by atoms with Gasteiger partial charge in [-0.05, 0) is 42.4 Å². The van der Waals surface area contributed by atoms with Crippen molar-refractivity contribution in [2.75, 3.05) is 0 Å². The molecule has 2 aliphatic carbocycles. The second-order valence-corrected chi connectivity index (χ2v) is 8.65. The highest BCUT2D eigenvalue weighted by molar-refractivity contribution is 5.69. The second kappa shape index (κ2) is 4.49. The fraction of sp³-hybridized carbons (Fsp3) is 0.941. The lowest BCUT2D eigenvalue weighted by atomic mass is 9.70. The first-order chi connectivity index (χ1) is 8.56. The summed E-state index contributed by atoms with van der Waals surface area (Å²) in [6, 6.07) is 0. The number of hydrogen-bond donors (Lipinski definition) is 0. The largest absolute Gasteiger partial charge is 0.462 e. The Labute approximate surface area is 118 Å². The van der Waals surface area contributed by atoms with Crippen molar-refractivity contribution in [1.29, 1.82) is 0 Å². The van der Waals surface area contributed by atoms with Crippen LogP contribution in [-0.2, 0) is 9.53 Å². The van der Waals surface area contributed by atoms with Gasteiger partial charge in [-0.2, -0.15) is 0 Å². The van der Waals surface area contributed by atoms with Crippen molar-refractivity contribution in [3.8, 4) is 0 Å². The van der Waals surface area contributed by atoms with E-state index < -0.39 is 0 Å². The molecule has 0 radical (unpaired) electrons. The van der Waals surface area contributed by atoms with E-state index in [1.807, 2.05) is 0 Å². The number of hydrogen-bond acceptors (Lipinski definition) is 2. The van der Waals surface area contributed by atoms with Crippen LogP contribution in [0.5, 0.6) is 0 Å². The van der Waals surface area contributed by atoms with Crippen LogP contribution >= 0.6 is 0 Å². The van der Waals surface area contributed by atoms with E-state index in [0.717, 1.165) is 18.8 Å². The van der Waals surface area contributed by atoms with Crippen LogP contribution in [0.1, 0.15) is 73.6 Å². The molecular weight excluding hydrogens is 236 g/mol. The zero-order valence-corrected chi connectivity index (χ0v) is 13.5. The van der Waals surface area contributed by atoms with Crippen LogP contribution < -0.4 is 0 Å². The molecule has 0 aromatic heterocycles. The van der Waals surface area contributed by atoms with Crippen LogP contribution in [0.2, 0.25) is 0 Å². The standard InChI is InChI=1S/C17H30O2/c1-15(2,3)9-8-14(18)19-13-11-12-7-10-17(13,6)16(12,4)5/h12-13H,7-11H2,1-6H3. The normalized spacial score (nSPS) is 36.5. The van der Waals surface area contributed by atoms with Gasteiger partial charge in [0.15, 0.2) is 0 Å². The molecule has 0 spiro atoms. The maximum atomic E-state index is 12.1. The van der Waals surface area contributed by atoms with Crippen LogP contribution in [-0.4, -0.2) is 12.1 Å². The summed E-state index contributed by atoms with van der Waals surface area (Å²) in [6.07, 6.45) is 5.20. The Kier molecular flexibility index (Phi) is 3.52. The molecule has 0 aromatic carbocycles. The summed E-state index contributed by atoms with van der Waals surface area (Å²) in [7, 11) is 0. The Morgan fingerprint density at radius 1 is 1.26 bits per heavy atom. The highest BCUT2D eigenvalue weighted by Crippen LogP contribution is 2.66. The van der Waals surface area contributed by atoms with Gasteiger partial charge in [0.05, 0.1) is 0 Å². The molecule has 2 fully saturated rings. The fourth-order valence-electron chi connectivity index (χ4n) is 4.00. The molecule has 0 amide bonds. The molecule has 2 rings (SSSR count). The predicted octanol–water partition coefficient (Wildman–Crippen LogP) is 4.57. The van der Waals surface area contributed by atoms with E-state index in [4.69, 9.17) is 4.74 Å². The minimum absolute atomic E-state index is 0.00417. The van der Waals surface area contributed by atoms with Gasteiger partial charge in [0.1, 0.15) is 6.10 Å². The Bertz CT molecular complexity index is 364. The third kappa shape index (κ3) is 2.55. The van der Waals surface area contributed by atoms with Gasteiger partial charge in [0.25, 0.3) is 0 Å². The third-order valence-electron chi connectivity index (χ3n) is 6.07. The van der Waals surface area contributed by atoms with Gasteiger partial charge in [0, 0.05) is 11.8 Å². The summed E-state index contributed by atoms with van der Waals surface area (Å²) in [5, 5.41) is 0. The monoisotopic (exact) mass is 266 g/mol. The van der Waals surface area contributed by atoms with Crippen molar-refractivity contribution in [3.05, 3.63) is 0 Å². The van der Waals surface area contributed by atoms with Gasteiger partial charge in [-0.3, -0.25) is 4.79 Å². The Morgan fingerprint density at radius 2 is 1.89 bits per heavy atom. The fourth-order valence-corrected chi connectivity index (χ4v) is 4.00. The van der Waals surface area contributed by atoms with E-state index in [0.29, 0.717) is 11.8 Å². The zero-order chi connectivity index (χ0) is 14.5. The molecule has 3 atom stereocenters. The number of fused-ring (bicyclic) bond motifs is 2. The molecule has 2 bridgehead atoms. The molecule has 0 saturated heterocycles. The van der Waals surface area contributed by atoms with E-state index in [1.54, 1.807) is 0 Å². The number of rotatable bonds is 3. The van der Waals surface area contributed by atoms with Crippen molar-refractivity contribution in [2.45, 2.75) is 79.8 Å². The van der Waals surface area contributed by atoms with Crippen LogP contribution in [0.15, 0.2) is 0 Å². The van der Waals surface area contributed by atoms with Gasteiger partial charge >= 0.3 is 5.97 Å². The topological polar surface area (TPSA) is 26.3 Å². The molecule has 19 heavy (non-hydrogen) atoms. The molecule has 3 unspecified atom stereocenters. The lowest BCUT2D eigenvalue weighted by Gasteiger charge is -2.38. The van der Waals surface area contributed by atoms with Gasteiger partial charge < -0.3 is 4.74 Å². The Hall–Kier alpha value is -0.530. The summed E-state index contributed by atoms with van der Waals surface area (Å²) in [5.74, 6) is 0.738. The van der Waals surface area contributed by atoms with Crippen LogP contribution in [0.4, 0.5) is 0 Å². The quantitative estimate of drug-likeness (QED) is 0.699. The molecular formula is C17H30O2. The molecule has 2 heteroatoms. The van der Waals surface area contributed by atoms with E-state index >= 15 is 0 Å². The van der Waals surface area contributed by atoms with E-state index in [1.165, 1.54) is 12.8 Å². The summed E-state index contributed by atoms with van der Waals surface area (Å²) in [5.41, 5.74) is 0.716. The molecule has 2 nitrogen and oxygen atoms in total. The first-order valence-corrected chi connectivity index (χ1v) is 7.76. The second-order valence-electron chi connectivity index (χ2n) is 8.65. The van der Waals surface area contributed by atoms with Crippen molar-refractivity contribution in [1.82, 2.24) is 0 Å². The molecule has 2 aliphatic rings. The van der Waals surface area contributed by atoms with Crippen molar-refractivity contribution >= 4 is 5.97 Å². The number of esters is 1. The average molecular weight is 266 g/mol. The molecule has 2 saturated carbocycles.